The minimum absolute atomic E-state index is 0.205. The van der Waals surface area contributed by atoms with Gasteiger partial charge in [0.1, 0.15) is 11.4 Å². The predicted molar refractivity (Wildman–Crippen MR) is 63.9 cm³/mol. The zero-order chi connectivity index (χ0) is 12.5. The summed E-state index contributed by atoms with van der Waals surface area (Å²) in [4.78, 5) is 12.3. The van der Waals surface area contributed by atoms with E-state index in [9.17, 15) is 9.18 Å². The molecular weight excluding hydrogens is 243 g/mol. The van der Waals surface area contributed by atoms with Gasteiger partial charge in [-0.05, 0) is 44.4 Å². The number of carbonyl (C=O) groups excluding carboxylic acids is 1. The molecule has 1 atom stereocenters. The van der Waals surface area contributed by atoms with Crippen molar-refractivity contribution >= 4 is 17.4 Å². The maximum Gasteiger partial charge on any atom is 0.195 e. The Bertz CT molecular complexity index is 439. The van der Waals surface area contributed by atoms with E-state index in [2.05, 4.69) is 0 Å². The lowest BCUT2D eigenvalue weighted by Gasteiger charge is -2.32. The van der Waals surface area contributed by atoms with Crippen LogP contribution in [0.15, 0.2) is 18.2 Å². The molecule has 17 heavy (non-hydrogen) atoms. The molecular formula is C13H14ClFO2. The summed E-state index contributed by atoms with van der Waals surface area (Å²) in [6, 6.07) is 3.81. The average molecular weight is 257 g/mol. The van der Waals surface area contributed by atoms with E-state index < -0.39 is 11.4 Å². The van der Waals surface area contributed by atoms with Crippen molar-refractivity contribution in [1.29, 1.82) is 0 Å². The quantitative estimate of drug-likeness (QED) is 0.756. The topological polar surface area (TPSA) is 26.3 Å². The molecule has 1 saturated heterocycles. The third-order valence-corrected chi connectivity index (χ3v) is 3.45. The van der Waals surface area contributed by atoms with Crippen molar-refractivity contribution in [2.24, 2.45) is 0 Å². The first-order chi connectivity index (χ1) is 8.03. The summed E-state index contributed by atoms with van der Waals surface area (Å²) in [6.07, 6.45) is 2.55. The normalized spacial score (nSPS) is 24.6. The van der Waals surface area contributed by atoms with Gasteiger partial charge in [0.2, 0.25) is 0 Å². The Morgan fingerprint density at radius 1 is 1.47 bits per heavy atom. The Hall–Kier alpha value is -0.930. The predicted octanol–water partition coefficient (Wildman–Crippen LogP) is 3.62. The van der Waals surface area contributed by atoms with Gasteiger partial charge in [0.05, 0.1) is 5.02 Å². The van der Waals surface area contributed by atoms with Gasteiger partial charge in [0, 0.05) is 12.2 Å². The molecule has 1 aromatic carbocycles. The monoisotopic (exact) mass is 256 g/mol. The first-order valence-electron chi connectivity index (χ1n) is 5.67. The van der Waals surface area contributed by atoms with Crippen LogP contribution in [-0.4, -0.2) is 18.0 Å². The molecule has 92 valence electrons. The maximum absolute atomic E-state index is 13.1. The molecule has 4 heteroatoms. The molecule has 0 saturated carbocycles. The molecule has 0 aliphatic carbocycles. The zero-order valence-electron chi connectivity index (χ0n) is 9.63. The summed E-state index contributed by atoms with van der Waals surface area (Å²) in [5.74, 6) is -0.696. The zero-order valence-corrected chi connectivity index (χ0v) is 10.4. The van der Waals surface area contributed by atoms with Gasteiger partial charge in [-0.15, -0.1) is 0 Å². The van der Waals surface area contributed by atoms with Crippen LogP contribution in [0.2, 0.25) is 5.02 Å². The molecule has 1 unspecified atom stereocenters. The third-order valence-electron chi connectivity index (χ3n) is 3.12. The van der Waals surface area contributed by atoms with Gasteiger partial charge in [0.25, 0.3) is 0 Å². The van der Waals surface area contributed by atoms with Crippen LogP contribution in [0.5, 0.6) is 0 Å². The van der Waals surface area contributed by atoms with Crippen molar-refractivity contribution in [2.45, 2.75) is 31.8 Å². The van der Waals surface area contributed by atoms with E-state index in [0.717, 1.165) is 12.8 Å². The highest BCUT2D eigenvalue weighted by molar-refractivity contribution is 6.34. The van der Waals surface area contributed by atoms with Crippen molar-refractivity contribution in [3.05, 3.63) is 34.6 Å². The van der Waals surface area contributed by atoms with Crippen LogP contribution < -0.4 is 0 Å². The Morgan fingerprint density at radius 3 is 2.88 bits per heavy atom. The van der Waals surface area contributed by atoms with E-state index in [1.54, 1.807) is 6.92 Å². The molecule has 1 fully saturated rings. The number of ketones is 1. The number of ether oxygens (including phenoxy) is 1. The van der Waals surface area contributed by atoms with Gasteiger partial charge >= 0.3 is 0 Å². The third kappa shape index (κ3) is 2.50. The van der Waals surface area contributed by atoms with Gasteiger partial charge in [0.15, 0.2) is 5.78 Å². The fourth-order valence-electron chi connectivity index (χ4n) is 2.07. The average Bonchev–Trinajstić information content (AvgIpc) is 2.32. The highest BCUT2D eigenvalue weighted by atomic mass is 35.5. The van der Waals surface area contributed by atoms with E-state index >= 15 is 0 Å². The first-order valence-corrected chi connectivity index (χ1v) is 6.04. The molecule has 1 heterocycles. The van der Waals surface area contributed by atoms with E-state index in [-0.39, 0.29) is 16.4 Å². The summed E-state index contributed by atoms with van der Waals surface area (Å²) >= 11 is 5.93. The van der Waals surface area contributed by atoms with Crippen molar-refractivity contribution in [3.63, 3.8) is 0 Å². The van der Waals surface area contributed by atoms with Crippen molar-refractivity contribution in [3.8, 4) is 0 Å². The summed E-state index contributed by atoms with van der Waals surface area (Å²) in [5.41, 5.74) is -0.661. The number of carbonyl (C=O) groups is 1. The van der Waals surface area contributed by atoms with E-state index in [1.807, 2.05) is 0 Å². The van der Waals surface area contributed by atoms with Gasteiger partial charge in [-0.3, -0.25) is 4.79 Å². The Kier molecular flexibility index (Phi) is 3.50. The number of hydrogen-bond donors (Lipinski definition) is 0. The van der Waals surface area contributed by atoms with Crippen molar-refractivity contribution < 1.29 is 13.9 Å². The SMILES string of the molecule is CC1(C(=O)c2cc(F)ccc2Cl)CCCCO1. The standard InChI is InChI=1S/C13H14ClFO2/c1-13(6-2-3-7-17-13)12(16)10-8-9(15)4-5-11(10)14/h4-5,8H,2-3,6-7H2,1H3. The lowest BCUT2D eigenvalue weighted by atomic mass is 9.88. The number of Topliss-reactive ketones (excluding diaryl/α,β-unsaturated/α-hetero) is 1. The smallest absolute Gasteiger partial charge is 0.195 e. The van der Waals surface area contributed by atoms with Crippen LogP contribution in [0.1, 0.15) is 36.5 Å². The van der Waals surface area contributed by atoms with Crippen LogP contribution in [0, 0.1) is 5.82 Å². The molecule has 0 N–H and O–H groups in total. The van der Waals surface area contributed by atoms with Crippen LogP contribution in [0.4, 0.5) is 4.39 Å². The molecule has 2 nitrogen and oxygen atoms in total. The largest absolute Gasteiger partial charge is 0.367 e. The summed E-state index contributed by atoms with van der Waals surface area (Å²) in [5, 5.41) is 0.270. The summed E-state index contributed by atoms with van der Waals surface area (Å²) in [7, 11) is 0. The molecule has 0 aromatic heterocycles. The van der Waals surface area contributed by atoms with Crippen LogP contribution in [0.3, 0.4) is 0 Å². The number of halogens is 2. The highest BCUT2D eigenvalue weighted by Gasteiger charge is 2.37. The summed E-state index contributed by atoms with van der Waals surface area (Å²) < 4.78 is 18.7. The lowest BCUT2D eigenvalue weighted by molar-refractivity contribution is -0.0426. The fraction of sp³-hybridized carbons (Fsp3) is 0.462. The van der Waals surface area contributed by atoms with Gasteiger partial charge in [-0.2, -0.15) is 0 Å². The first kappa shape index (κ1) is 12.5. The molecule has 0 spiro atoms. The minimum Gasteiger partial charge on any atom is -0.367 e. The molecule has 1 aromatic rings. The van der Waals surface area contributed by atoms with Gasteiger partial charge in [-0.25, -0.2) is 4.39 Å². The Labute approximate surface area is 105 Å². The highest BCUT2D eigenvalue weighted by Crippen LogP contribution is 2.31. The molecule has 1 aliphatic heterocycles. The number of benzene rings is 1. The van der Waals surface area contributed by atoms with E-state index in [1.165, 1.54) is 18.2 Å². The second-order valence-corrected chi connectivity index (χ2v) is 4.90. The molecule has 2 rings (SSSR count). The number of hydrogen-bond acceptors (Lipinski definition) is 2. The van der Waals surface area contributed by atoms with Gasteiger partial charge in [-0.1, -0.05) is 11.6 Å². The maximum atomic E-state index is 13.1. The second kappa shape index (κ2) is 4.75. The Balaban J connectivity index is 2.32. The minimum atomic E-state index is -0.865. The second-order valence-electron chi connectivity index (χ2n) is 4.49. The van der Waals surface area contributed by atoms with Crippen LogP contribution >= 0.6 is 11.6 Å². The lowest BCUT2D eigenvalue weighted by Crippen LogP contribution is -2.41. The van der Waals surface area contributed by atoms with Crippen molar-refractivity contribution in [2.75, 3.05) is 6.61 Å². The number of rotatable bonds is 2. The van der Waals surface area contributed by atoms with E-state index in [0.29, 0.717) is 13.0 Å². The molecule has 1 aliphatic rings. The molecule has 0 amide bonds. The van der Waals surface area contributed by atoms with Crippen LogP contribution in [0.25, 0.3) is 0 Å². The fourth-order valence-corrected chi connectivity index (χ4v) is 2.27. The molecule has 0 bridgehead atoms. The van der Waals surface area contributed by atoms with Crippen LogP contribution in [-0.2, 0) is 4.74 Å². The van der Waals surface area contributed by atoms with Crippen molar-refractivity contribution in [1.82, 2.24) is 0 Å². The Morgan fingerprint density at radius 2 is 2.24 bits per heavy atom. The van der Waals surface area contributed by atoms with E-state index in [4.69, 9.17) is 16.3 Å². The summed E-state index contributed by atoms with van der Waals surface area (Å²) in [6.45, 7) is 2.31. The molecule has 0 radical (unpaired) electrons. The van der Waals surface area contributed by atoms with Gasteiger partial charge < -0.3 is 4.74 Å².